The molecule has 0 unspecified atom stereocenters. The number of carbonyl (C=O) groups is 1. The molecule has 0 radical (unpaired) electrons. The molecule has 0 aliphatic carbocycles. The van der Waals surface area contributed by atoms with Gasteiger partial charge in [-0.2, -0.15) is 26.3 Å². The first-order valence-corrected chi connectivity index (χ1v) is 11.0. The zero-order chi connectivity index (χ0) is 27.4. The maximum Gasteiger partial charge on any atom is 0.417 e. The van der Waals surface area contributed by atoms with E-state index >= 15 is 0 Å². The van der Waals surface area contributed by atoms with Crippen LogP contribution in [0.5, 0.6) is 5.88 Å². The van der Waals surface area contributed by atoms with Crippen molar-refractivity contribution < 1.29 is 35.9 Å². The van der Waals surface area contributed by atoms with Crippen LogP contribution in [-0.4, -0.2) is 33.6 Å². The fraction of sp³-hybridized carbons (Fsp3) is 0.333. The topological polar surface area (TPSA) is 97.0 Å². The Morgan fingerprint density at radius 2 is 1.81 bits per heavy atom. The van der Waals surface area contributed by atoms with Crippen molar-refractivity contribution in [2.24, 2.45) is 5.92 Å². The van der Waals surface area contributed by atoms with Crippen LogP contribution in [-0.2, 0) is 17.5 Å². The molecule has 0 saturated heterocycles. The second-order valence-electron chi connectivity index (χ2n) is 8.33. The molecule has 37 heavy (non-hydrogen) atoms. The van der Waals surface area contributed by atoms with E-state index in [1.807, 2.05) is 0 Å². The van der Waals surface area contributed by atoms with Crippen LogP contribution < -0.4 is 15.6 Å². The number of ether oxygens (including phenoxy) is 1. The van der Waals surface area contributed by atoms with E-state index in [0.717, 1.165) is 12.1 Å². The third-order valence-electron chi connectivity index (χ3n) is 5.04. The summed E-state index contributed by atoms with van der Waals surface area (Å²) in [5, 5.41) is 2.62. The second-order valence-corrected chi connectivity index (χ2v) is 8.33. The van der Waals surface area contributed by atoms with Crippen molar-refractivity contribution in [1.29, 1.82) is 0 Å². The van der Waals surface area contributed by atoms with Gasteiger partial charge in [-0.1, -0.05) is 19.9 Å². The Labute approximate surface area is 206 Å². The number of hydrogen-bond donors (Lipinski definition) is 2. The second kappa shape index (κ2) is 11.0. The number of aromatic nitrogens is 3. The van der Waals surface area contributed by atoms with Crippen LogP contribution in [0.15, 0.2) is 47.4 Å². The van der Waals surface area contributed by atoms with Crippen LogP contribution in [0, 0.1) is 5.92 Å². The summed E-state index contributed by atoms with van der Waals surface area (Å²) in [5.41, 5.74) is -1.62. The largest absolute Gasteiger partial charge is 0.477 e. The minimum atomic E-state index is -4.76. The number of aromatic amines is 1. The molecule has 0 saturated carbocycles. The van der Waals surface area contributed by atoms with Crippen LogP contribution in [0.4, 0.5) is 26.3 Å². The molecule has 0 aliphatic heterocycles. The Morgan fingerprint density at radius 3 is 2.41 bits per heavy atom. The third kappa shape index (κ3) is 7.79. The zero-order valence-corrected chi connectivity index (χ0v) is 19.6. The number of hydrogen-bond acceptors (Lipinski definition) is 5. The molecule has 1 aromatic carbocycles. The normalized spacial score (nSPS) is 12.0. The van der Waals surface area contributed by atoms with Gasteiger partial charge in [0, 0.05) is 41.9 Å². The van der Waals surface area contributed by atoms with Gasteiger partial charge in [-0.15, -0.1) is 0 Å². The van der Waals surface area contributed by atoms with Crippen LogP contribution in [0.3, 0.4) is 0 Å². The van der Waals surface area contributed by atoms with Gasteiger partial charge in [-0.3, -0.25) is 9.59 Å². The summed E-state index contributed by atoms with van der Waals surface area (Å²) < 4.78 is 83.0. The summed E-state index contributed by atoms with van der Waals surface area (Å²) in [7, 11) is 0. The number of halogens is 6. The van der Waals surface area contributed by atoms with Crippen molar-refractivity contribution in [1.82, 2.24) is 20.3 Å². The van der Waals surface area contributed by atoms with Crippen molar-refractivity contribution in [2.75, 3.05) is 6.61 Å². The summed E-state index contributed by atoms with van der Waals surface area (Å²) in [6.07, 6.45) is -9.15. The van der Waals surface area contributed by atoms with Crippen LogP contribution in [0.1, 0.15) is 31.4 Å². The number of nitrogens with one attached hydrogen (secondary N) is 2. The van der Waals surface area contributed by atoms with Crippen LogP contribution >= 0.6 is 0 Å². The summed E-state index contributed by atoms with van der Waals surface area (Å²) in [4.78, 5) is 34.5. The predicted molar refractivity (Wildman–Crippen MR) is 121 cm³/mol. The van der Waals surface area contributed by atoms with Gasteiger partial charge in [0.25, 0.3) is 5.56 Å². The van der Waals surface area contributed by atoms with E-state index in [1.165, 1.54) is 30.5 Å². The molecule has 0 atom stereocenters. The average molecular weight is 528 g/mol. The SMILES string of the molecule is CC(C)C(=O)NCc1ccc(C(F)(F)F)c(-c2nc(-c3ccc(OCCC(F)(F)F)nc3)cc(=O)[nH]2)c1. The predicted octanol–water partition coefficient (Wildman–Crippen LogP) is 5.12. The molecule has 13 heteroatoms. The maximum atomic E-state index is 13.7. The first kappa shape index (κ1) is 27.7. The van der Waals surface area contributed by atoms with Crippen molar-refractivity contribution >= 4 is 5.91 Å². The lowest BCUT2D eigenvalue weighted by Crippen LogP contribution is -2.27. The average Bonchev–Trinajstić information content (AvgIpc) is 2.81. The first-order valence-electron chi connectivity index (χ1n) is 11.0. The van der Waals surface area contributed by atoms with Gasteiger partial charge in [0.05, 0.1) is 24.3 Å². The monoisotopic (exact) mass is 528 g/mol. The fourth-order valence-corrected chi connectivity index (χ4v) is 3.16. The van der Waals surface area contributed by atoms with Gasteiger partial charge in [0.15, 0.2) is 0 Å². The molecule has 7 nitrogen and oxygen atoms in total. The molecule has 3 aromatic rings. The van der Waals surface area contributed by atoms with E-state index in [2.05, 4.69) is 20.3 Å². The number of nitrogens with zero attached hydrogens (tertiary/aromatic N) is 2. The Kier molecular flexibility index (Phi) is 8.24. The third-order valence-corrected chi connectivity index (χ3v) is 5.04. The highest BCUT2D eigenvalue weighted by atomic mass is 19.4. The summed E-state index contributed by atoms with van der Waals surface area (Å²) >= 11 is 0. The number of carbonyl (C=O) groups excluding carboxylic acids is 1. The highest BCUT2D eigenvalue weighted by Crippen LogP contribution is 2.36. The van der Waals surface area contributed by atoms with Crippen molar-refractivity contribution in [3.8, 4) is 28.5 Å². The van der Waals surface area contributed by atoms with Crippen molar-refractivity contribution in [3.63, 3.8) is 0 Å². The maximum absolute atomic E-state index is 13.7. The molecule has 0 aliphatic rings. The highest BCUT2D eigenvalue weighted by Gasteiger charge is 2.34. The van der Waals surface area contributed by atoms with Gasteiger partial charge in [0.1, 0.15) is 5.82 Å². The fourth-order valence-electron chi connectivity index (χ4n) is 3.16. The number of pyridine rings is 1. The van der Waals surface area contributed by atoms with E-state index < -0.39 is 42.1 Å². The minimum Gasteiger partial charge on any atom is -0.477 e. The Hall–Kier alpha value is -3.90. The summed E-state index contributed by atoms with van der Waals surface area (Å²) in [6.45, 7) is 2.66. The van der Waals surface area contributed by atoms with Gasteiger partial charge in [-0.25, -0.2) is 9.97 Å². The van der Waals surface area contributed by atoms with Gasteiger partial charge in [-0.05, 0) is 23.8 Å². The summed E-state index contributed by atoms with van der Waals surface area (Å²) in [5.74, 6) is -1.07. The molecule has 0 bridgehead atoms. The molecule has 2 aromatic heterocycles. The Bertz CT molecular complexity index is 1300. The van der Waals surface area contributed by atoms with Gasteiger partial charge >= 0.3 is 12.4 Å². The number of H-pyrrole nitrogens is 1. The molecule has 2 heterocycles. The van der Waals surface area contributed by atoms with Gasteiger partial charge in [0.2, 0.25) is 11.8 Å². The molecule has 2 N–H and O–H groups in total. The molecular formula is C24H22F6N4O3. The van der Waals surface area contributed by atoms with Crippen LogP contribution in [0.25, 0.3) is 22.6 Å². The number of amides is 1. The number of rotatable bonds is 8. The standard InChI is InChI=1S/C24H22F6N4O3/c1-13(2)22(36)32-11-14-3-5-17(24(28,29)30)16(9-14)21-33-18(10-19(35)34-21)15-4-6-20(31-12-15)37-8-7-23(25,26)27/h3-6,9-10,12-13H,7-8,11H2,1-2H3,(H,32,36)(H,33,34,35). The lowest BCUT2D eigenvalue weighted by atomic mass is 10.0. The van der Waals surface area contributed by atoms with E-state index in [0.29, 0.717) is 5.56 Å². The first-order chi connectivity index (χ1) is 17.2. The highest BCUT2D eigenvalue weighted by molar-refractivity contribution is 5.78. The van der Waals surface area contributed by atoms with Gasteiger partial charge < -0.3 is 15.0 Å². The molecule has 0 spiro atoms. The Morgan fingerprint density at radius 1 is 1.08 bits per heavy atom. The van der Waals surface area contributed by atoms with Crippen molar-refractivity contribution in [2.45, 2.75) is 39.2 Å². The summed E-state index contributed by atoms with van der Waals surface area (Å²) in [6, 6.07) is 6.91. The molecule has 1 amide bonds. The lowest BCUT2D eigenvalue weighted by Gasteiger charge is -2.15. The molecular weight excluding hydrogens is 506 g/mol. The number of benzene rings is 1. The zero-order valence-electron chi connectivity index (χ0n) is 19.6. The number of alkyl halides is 6. The Balaban J connectivity index is 1.93. The van der Waals surface area contributed by atoms with E-state index in [-0.39, 0.29) is 41.3 Å². The smallest absolute Gasteiger partial charge is 0.417 e. The van der Waals surface area contributed by atoms with E-state index in [4.69, 9.17) is 4.74 Å². The molecule has 198 valence electrons. The van der Waals surface area contributed by atoms with Crippen molar-refractivity contribution in [3.05, 3.63) is 64.1 Å². The lowest BCUT2D eigenvalue weighted by molar-refractivity contribution is -0.140. The quantitative estimate of drug-likeness (QED) is 0.396. The minimum absolute atomic E-state index is 0.0141. The van der Waals surface area contributed by atoms with E-state index in [1.54, 1.807) is 13.8 Å². The molecule has 3 rings (SSSR count). The van der Waals surface area contributed by atoms with E-state index in [9.17, 15) is 35.9 Å². The molecule has 0 fully saturated rings. The van der Waals surface area contributed by atoms with Crippen LogP contribution in [0.2, 0.25) is 0 Å².